The number of nitrogens with one attached hydrogen (secondary N) is 3. The lowest BCUT2D eigenvalue weighted by atomic mass is 9.93. The average molecular weight is 1470 g/mol. The number of fused-ring (bicyclic) bond motifs is 9. The third-order valence-electron chi connectivity index (χ3n) is 23.9. The molecule has 566 valence electrons. The molecule has 0 aliphatic rings. The van der Waals surface area contributed by atoms with Crippen molar-refractivity contribution in [2.24, 2.45) is 23.7 Å². The first-order valence-corrected chi connectivity index (χ1v) is 42.0. The quantitative estimate of drug-likeness (QED) is 0.0365. The fourth-order valence-corrected chi connectivity index (χ4v) is 16.5. The van der Waals surface area contributed by atoms with Gasteiger partial charge in [-0.1, -0.05) is 254 Å². The monoisotopic (exact) mass is 1470 g/mol. The Kier molecular flexibility index (Phi) is 24.2. The largest absolute Gasteiger partial charge is 0.493 e. The van der Waals surface area contributed by atoms with Crippen LogP contribution in [0.4, 0.5) is 0 Å². The van der Waals surface area contributed by atoms with E-state index < -0.39 is 0 Å². The molecule has 0 radical (unpaired) electrons. The summed E-state index contributed by atoms with van der Waals surface area (Å²) in [6.07, 6.45) is 19.2. The molecule has 0 aliphatic carbocycles. The third-order valence-corrected chi connectivity index (χ3v) is 23.9. The van der Waals surface area contributed by atoms with Gasteiger partial charge in [0.2, 0.25) is 0 Å². The topological polar surface area (TPSA) is 84.3 Å². The molecule has 15 rings (SSSR count). The maximum atomic E-state index is 6.44. The zero-order valence-corrected chi connectivity index (χ0v) is 66.7. The third kappa shape index (κ3) is 17.2. The Morgan fingerprint density at radius 1 is 0.216 bits per heavy atom. The van der Waals surface area contributed by atoms with E-state index >= 15 is 0 Å². The molecular weight excluding hydrogens is 1360 g/mol. The summed E-state index contributed by atoms with van der Waals surface area (Å²) in [5, 5.41) is 7.17. The van der Waals surface area contributed by atoms with Crippen molar-refractivity contribution in [1.29, 1.82) is 0 Å². The van der Waals surface area contributed by atoms with Crippen molar-refractivity contribution in [1.82, 2.24) is 15.0 Å². The minimum Gasteiger partial charge on any atom is -0.493 e. The smallest absolute Gasteiger partial charge is 0.119 e. The fourth-order valence-electron chi connectivity index (χ4n) is 16.5. The van der Waals surface area contributed by atoms with Gasteiger partial charge >= 0.3 is 0 Å². The number of H-pyrrole nitrogens is 3. The van der Waals surface area contributed by atoms with Crippen LogP contribution in [-0.4, -0.2) is 41.4 Å². The molecular formula is C104H111N3O4. The van der Waals surface area contributed by atoms with Crippen LogP contribution in [0.25, 0.3) is 154 Å². The zero-order chi connectivity index (χ0) is 76.2. The molecule has 4 atom stereocenters. The van der Waals surface area contributed by atoms with E-state index in [0.717, 1.165) is 164 Å². The van der Waals surface area contributed by atoms with E-state index in [9.17, 15) is 0 Å². The van der Waals surface area contributed by atoms with Gasteiger partial charge in [-0.2, -0.15) is 0 Å². The van der Waals surface area contributed by atoms with Gasteiger partial charge in [0.1, 0.15) is 23.0 Å². The van der Waals surface area contributed by atoms with E-state index in [1.54, 1.807) is 0 Å². The average Bonchev–Trinajstić information content (AvgIpc) is 1.61. The van der Waals surface area contributed by atoms with E-state index in [1.165, 1.54) is 143 Å². The summed E-state index contributed by atoms with van der Waals surface area (Å²) in [6.45, 7) is 21.2. The molecule has 7 heteroatoms. The highest BCUT2D eigenvalue weighted by atomic mass is 16.5. The van der Waals surface area contributed by atoms with Crippen molar-refractivity contribution in [2.45, 2.75) is 158 Å². The minimum absolute atomic E-state index is 0.563. The van der Waals surface area contributed by atoms with Gasteiger partial charge in [0.25, 0.3) is 0 Å². The van der Waals surface area contributed by atoms with Crippen molar-refractivity contribution in [3.63, 3.8) is 0 Å². The molecule has 0 spiro atoms. The second-order valence-electron chi connectivity index (χ2n) is 31.5. The number of aromatic nitrogens is 3. The van der Waals surface area contributed by atoms with Gasteiger partial charge in [0.05, 0.1) is 37.5 Å². The molecule has 0 amide bonds. The van der Waals surface area contributed by atoms with Crippen LogP contribution in [0.1, 0.15) is 158 Å². The fraction of sp³-hybridized carbons (Fsp3) is 0.308. The van der Waals surface area contributed by atoms with Crippen LogP contribution >= 0.6 is 0 Å². The van der Waals surface area contributed by atoms with Crippen molar-refractivity contribution in [3.8, 4) is 112 Å². The summed E-state index contributed by atoms with van der Waals surface area (Å²) >= 11 is 0. The maximum Gasteiger partial charge on any atom is 0.119 e. The van der Waals surface area contributed by atoms with Crippen molar-refractivity contribution in [3.05, 3.63) is 243 Å². The highest BCUT2D eigenvalue weighted by molar-refractivity contribution is 6.16. The zero-order valence-electron chi connectivity index (χ0n) is 66.7. The summed E-state index contributed by atoms with van der Waals surface area (Å²) in [4.78, 5) is 11.6. The Labute approximate surface area is 658 Å². The minimum atomic E-state index is 0.563. The van der Waals surface area contributed by atoms with Gasteiger partial charge in [-0.3, -0.25) is 0 Å². The van der Waals surface area contributed by atoms with Crippen molar-refractivity contribution in [2.75, 3.05) is 26.4 Å². The van der Waals surface area contributed by atoms with Gasteiger partial charge in [0, 0.05) is 65.5 Å². The normalized spacial score (nSPS) is 12.9. The molecule has 0 bridgehead atoms. The number of aromatic amines is 3. The standard InChI is InChI=1S/C104H111N3O4/c1-9-17-21-69(13-5)65-108-87-45-33-75(34-46-87)83-43-55-101-95(59-83)97-63-85(77-37-49-89(50-38-77)110-67-71(15-7)23-19-11-3)61-91(103(97)106-101)79-29-25-73(26-30-79)81-41-53-99-93(57-81)94-58-82(42-54-100(94)105-99)74-27-31-80(32-28-74)92-62-86(78-39-51-90(52-40-78)111-68-72(16-8)24-20-12-4)64-98-96-60-84(44-56-102(96)107-104(92)98)76-35-47-88(48-36-76)109-66-70(14-6)22-18-10-2/h25-64,69-72,105-107H,9-24,65-68H2,1-8H3. The molecule has 0 fully saturated rings. The first kappa shape index (κ1) is 75.6. The van der Waals surface area contributed by atoms with Crippen LogP contribution < -0.4 is 18.9 Å². The number of ether oxygens (including phenoxy) is 4. The number of hydrogen-bond acceptors (Lipinski definition) is 4. The summed E-state index contributed by atoms with van der Waals surface area (Å²) in [5.41, 5.74) is 25.3. The lowest BCUT2D eigenvalue weighted by Crippen LogP contribution is -2.11. The summed E-state index contributed by atoms with van der Waals surface area (Å²) in [6, 6.07) is 90.2. The molecule has 0 aliphatic heterocycles. The first-order chi connectivity index (χ1) is 54.6. The van der Waals surface area contributed by atoms with Crippen LogP contribution in [0, 0.1) is 23.7 Å². The number of benzene rings is 12. The van der Waals surface area contributed by atoms with Crippen LogP contribution in [0.2, 0.25) is 0 Å². The van der Waals surface area contributed by atoms with Gasteiger partial charge < -0.3 is 33.9 Å². The van der Waals surface area contributed by atoms with Gasteiger partial charge in [-0.25, -0.2) is 0 Å². The molecule has 3 heterocycles. The van der Waals surface area contributed by atoms with E-state index in [-0.39, 0.29) is 0 Å². The summed E-state index contributed by atoms with van der Waals surface area (Å²) in [7, 11) is 0. The van der Waals surface area contributed by atoms with Crippen LogP contribution in [0.3, 0.4) is 0 Å². The van der Waals surface area contributed by atoms with Crippen LogP contribution in [0.5, 0.6) is 23.0 Å². The SMILES string of the molecule is CCCCC(CC)COc1ccc(-c2ccc3[nH]c4c(-c5ccc(-c6ccc7[nH]c8ccc(-c9ccc(-c%10cc(-c%11ccc(OCC(CC)CCCC)cc%11)cc%11c%10[nH]c%10ccc(-c%12ccc(OCC(CC)CCCC)cc%12)cc%10%11)cc9)cc8c7c6)cc5)cc(-c5ccc(OCC(CC)CCCC)cc5)cc4c3c2)cc1. The summed E-state index contributed by atoms with van der Waals surface area (Å²) < 4.78 is 25.6. The number of rotatable bonds is 36. The van der Waals surface area contributed by atoms with Crippen LogP contribution in [-0.2, 0) is 0 Å². The van der Waals surface area contributed by atoms with Crippen molar-refractivity contribution < 1.29 is 18.9 Å². The molecule has 7 nitrogen and oxygen atoms in total. The highest BCUT2D eigenvalue weighted by Gasteiger charge is 2.21. The lowest BCUT2D eigenvalue weighted by Gasteiger charge is -2.16. The Morgan fingerprint density at radius 3 is 0.694 bits per heavy atom. The Hall–Kier alpha value is -10.8. The lowest BCUT2D eigenvalue weighted by molar-refractivity contribution is 0.233. The summed E-state index contributed by atoms with van der Waals surface area (Å²) in [5.74, 6) is 5.98. The Bertz CT molecular complexity index is 5240. The van der Waals surface area contributed by atoms with Crippen LogP contribution in [0.15, 0.2) is 243 Å². The predicted molar refractivity (Wildman–Crippen MR) is 473 cm³/mol. The molecule has 0 saturated heterocycles. The molecule has 3 aromatic heterocycles. The molecule has 12 aromatic carbocycles. The molecule has 111 heavy (non-hydrogen) atoms. The number of unbranched alkanes of at least 4 members (excludes halogenated alkanes) is 4. The van der Waals surface area contributed by atoms with Gasteiger partial charge in [-0.15, -0.1) is 0 Å². The van der Waals surface area contributed by atoms with E-state index in [0.29, 0.717) is 23.7 Å². The first-order valence-electron chi connectivity index (χ1n) is 42.0. The number of hydrogen-bond donors (Lipinski definition) is 3. The second kappa shape index (κ2) is 35.5. The van der Waals surface area contributed by atoms with E-state index in [4.69, 9.17) is 18.9 Å². The molecule has 4 unspecified atom stereocenters. The second-order valence-corrected chi connectivity index (χ2v) is 31.5. The van der Waals surface area contributed by atoms with Gasteiger partial charge in [-0.05, 0) is 249 Å². The Morgan fingerprint density at radius 2 is 0.432 bits per heavy atom. The highest BCUT2D eigenvalue weighted by Crippen LogP contribution is 2.44. The Balaban J connectivity index is 0.721. The predicted octanol–water partition coefficient (Wildman–Crippen LogP) is 30.3. The molecule has 3 N–H and O–H groups in total. The van der Waals surface area contributed by atoms with E-state index in [1.807, 2.05) is 0 Å². The van der Waals surface area contributed by atoms with Gasteiger partial charge in [0.15, 0.2) is 0 Å². The maximum absolute atomic E-state index is 6.44. The van der Waals surface area contributed by atoms with Crippen molar-refractivity contribution >= 4 is 65.4 Å². The van der Waals surface area contributed by atoms with E-state index in [2.05, 4.69) is 313 Å². The molecule has 15 aromatic rings. The molecule has 0 saturated carbocycles.